The summed E-state index contributed by atoms with van der Waals surface area (Å²) in [6.45, 7) is 1.42. The number of aliphatic hydroxyl groups excluding tert-OH is 2. The van der Waals surface area contributed by atoms with Crippen LogP contribution in [-0.2, 0) is 4.79 Å². The summed E-state index contributed by atoms with van der Waals surface area (Å²) in [7, 11) is 0. The fourth-order valence-corrected chi connectivity index (χ4v) is 2.18. The van der Waals surface area contributed by atoms with Gasteiger partial charge in [-0.2, -0.15) is 0 Å². The van der Waals surface area contributed by atoms with Gasteiger partial charge in [0.15, 0.2) is 5.12 Å². The van der Waals surface area contributed by atoms with Crippen molar-refractivity contribution in [3.05, 3.63) is 30.1 Å². The van der Waals surface area contributed by atoms with Crippen LogP contribution < -0.4 is 0 Å². The van der Waals surface area contributed by atoms with Gasteiger partial charge in [-0.25, -0.2) is 4.98 Å². The molecular weight excluding hydrogens is 252 g/mol. The molecule has 2 unspecified atom stereocenters. The summed E-state index contributed by atoms with van der Waals surface area (Å²) in [4.78, 5) is 17.9. The lowest BCUT2D eigenvalue weighted by atomic mass is 10.2. The van der Waals surface area contributed by atoms with E-state index in [9.17, 15) is 15.0 Å². The van der Waals surface area contributed by atoms with Crippen molar-refractivity contribution in [2.24, 2.45) is 0 Å². The second-order valence-corrected chi connectivity index (χ2v) is 5.15. The van der Waals surface area contributed by atoms with Crippen molar-refractivity contribution in [2.45, 2.75) is 19.1 Å². The first-order chi connectivity index (χ1) is 8.58. The number of carbonyl (C=O) groups excluding carboxylic acids is 1. The van der Waals surface area contributed by atoms with Crippen LogP contribution >= 0.6 is 11.8 Å². The monoisotopic (exact) mass is 266 g/mol. The van der Waals surface area contributed by atoms with Gasteiger partial charge in [-0.05, 0) is 12.1 Å². The second kappa shape index (κ2) is 5.51. The molecule has 0 bridgehead atoms. The summed E-state index contributed by atoms with van der Waals surface area (Å²) in [6, 6.07) is 7.37. The molecule has 0 spiro atoms. The number of nitrogens with zero attached hydrogens (tertiary/aromatic N) is 1. The summed E-state index contributed by atoms with van der Waals surface area (Å²) in [5.74, 6) is 0.459. The Morgan fingerprint density at radius 3 is 2.83 bits per heavy atom. The number of aromatic nitrogens is 2. The van der Waals surface area contributed by atoms with Crippen molar-refractivity contribution in [2.75, 3.05) is 5.75 Å². The van der Waals surface area contributed by atoms with Gasteiger partial charge in [-0.3, -0.25) is 4.79 Å². The zero-order valence-electron chi connectivity index (χ0n) is 9.83. The van der Waals surface area contributed by atoms with Crippen molar-refractivity contribution in [1.82, 2.24) is 9.97 Å². The van der Waals surface area contributed by atoms with Gasteiger partial charge < -0.3 is 15.2 Å². The van der Waals surface area contributed by atoms with Gasteiger partial charge in [-0.1, -0.05) is 23.9 Å². The molecule has 0 aliphatic heterocycles. The number of fused-ring (bicyclic) bond motifs is 1. The van der Waals surface area contributed by atoms with Crippen LogP contribution in [0.25, 0.3) is 11.0 Å². The molecule has 0 radical (unpaired) electrons. The highest BCUT2D eigenvalue weighted by molar-refractivity contribution is 8.13. The Balaban J connectivity index is 2.12. The molecule has 2 atom stereocenters. The minimum absolute atomic E-state index is 0.0918. The number of hydrogen-bond donors (Lipinski definition) is 3. The van der Waals surface area contributed by atoms with Gasteiger partial charge in [0.25, 0.3) is 0 Å². The van der Waals surface area contributed by atoms with Gasteiger partial charge in [-0.15, -0.1) is 0 Å². The summed E-state index contributed by atoms with van der Waals surface area (Å²) in [5.41, 5.74) is 1.54. The highest BCUT2D eigenvalue weighted by atomic mass is 32.2. The number of aromatic amines is 1. The maximum absolute atomic E-state index is 10.8. The van der Waals surface area contributed by atoms with Crippen LogP contribution in [0.2, 0.25) is 0 Å². The largest absolute Gasteiger partial charge is 0.389 e. The Morgan fingerprint density at radius 2 is 2.17 bits per heavy atom. The Bertz CT molecular complexity index is 522. The summed E-state index contributed by atoms with van der Waals surface area (Å²) in [6.07, 6.45) is -2.15. The number of imidazole rings is 1. The van der Waals surface area contributed by atoms with Crippen LogP contribution in [-0.4, -0.2) is 37.2 Å². The quantitative estimate of drug-likeness (QED) is 0.775. The molecule has 1 heterocycles. The molecule has 0 fully saturated rings. The van der Waals surface area contributed by atoms with E-state index in [0.717, 1.165) is 22.8 Å². The van der Waals surface area contributed by atoms with Crippen LogP contribution in [0.3, 0.4) is 0 Å². The Kier molecular flexibility index (Phi) is 4.00. The van der Waals surface area contributed by atoms with Crippen LogP contribution in [0, 0.1) is 0 Å². The number of hydrogen-bond acceptors (Lipinski definition) is 5. The molecule has 0 saturated heterocycles. The van der Waals surface area contributed by atoms with Crippen molar-refractivity contribution >= 4 is 27.9 Å². The first kappa shape index (κ1) is 13.1. The summed E-state index contributed by atoms with van der Waals surface area (Å²) < 4.78 is 0. The Morgan fingerprint density at radius 1 is 1.44 bits per heavy atom. The van der Waals surface area contributed by atoms with E-state index < -0.39 is 12.2 Å². The number of H-pyrrole nitrogens is 1. The number of para-hydroxylation sites is 2. The fraction of sp³-hybridized carbons (Fsp3) is 0.333. The van der Waals surface area contributed by atoms with E-state index >= 15 is 0 Å². The average Bonchev–Trinajstić information content (AvgIpc) is 2.78. The number of carbonyl (C=O) groups is 1. The number of aliphatic hydroxyl groups is 2. The molecule has 0 aliphatic carbocycles. The molecule has 2 aromatic rings. The van der Waals surface area contributed by atoms with E-state index in [1.165, 1.54) is 6.92 Å². The summed E-state index contributed by atoms with van der Waals surface area (Å²) >= 11 is 0.979. The smallest absolute Gasteiger partial charge is 0.185 e. The van der Waals surface area contributed by atoms with Crippen molar-refractivity contribution in [3.8, 4) is 0 Å². The standard InChI is InChI=1S/C12H14N2O3S/c1-7(15)18-6-10(16)11(17)12-13-8-4-2-3-5-9(8)14-12/h2-5,10-11,16-17H,6H2,1H3,(H,13,14). The van der Waals surface area contributed by atoms with Gasteiger partial charge in [0.05, 0.1) is 17.1 Å². The molecule has 0 saturated carbocycles. The van der Waals surface area contributed by atoms with Gasteiger partial charge in [0.1, 0.15) is 11.9 Å². The maximum Gasteiger partial charge on any atom is 0.185 e. The molecule has 0 aliphatic rings. The Labute approximate surface area is 108 Å². The van der Waals surface area contributed by atoms with Crippen molar-refractivity contribution in [3.63, 3.8) is 0 Å². The van der Waals surface area contributed by atoms with Crippen LogP contribution in [0.1, 0.15) is 18.9 Å². The zero-order chi connectivity index (χ0) is 13.1. The number of thioether (sulfide) groups is 1. The first-order valence-corrected chi connectivity index (χ1v) is 6.50. The van der Waals surface area contributed by atoms with E-state index in [4.69, 9.17) is 0 Å². The van der Waals surface area contributed by atoms with Crippen LogP contribution in [0.4, 0.5) is 0 Å². The van der Waals surface area contributed by atoms with Crippen LogP contribution in [0.15, 0.2) is 24.3 Å². The molecule has 2 rings (SSSR count). The van der Waals surface area contributed by atoms with Gasteiger partial charge in [0, 0.05) is 12.7 Å². The lowest BCUT2D eigenvalue weighted by Gasteiger charge is -2.14. The minimum Gasteiger partial charge on any atom is -0.389 e. The average molecular weight is 266 g/mol. The third kappa shape index (κ3) is 2.90. The first-order valence-electron chi connectivity index (χ1n) is 5.52. The maximum atomic E-state index is 10.8. The topological polar surface area (TPSA) is 86.2 Å². The number of benzene rings is 1. The molecule has 18 heavy (non-hydrogen) atoms. The minimum atomic E-state index is -1.12. The SMILES string of the molecule is CC(=O)SCC(O)C(O)c1nc2ccccc2[nH]1. The molecule has 96 valence electrons. The molecule has 1 aromatic carbocycles. The third-order valence-electron chi connectivity index (χ3n) is 2.51. The predicted octanol–water partition coefficient (Wildman–Crippen LogP) is 1.24. The predicted molar refractivity (Wildman–Crippen MR) is 70.2 cm³/mol. The molecule has 5 nitrogen and oxygen atoms in total. The van der Waals surface area contributed by atoms with E-state index in [2.05, 4.69) is 9.97 Å². The molecular formula is C12H14N2O3S. The molecule has 0 amide bonds. The lowest BCUT2D eigenvalue weighted by Crippen LogP contribution is -2.22. The lowest BCUT2D eigenvalue weighted by molar-refractivity contribution is -0.109. The third-order valence-corrected chi connectivity index (χ3v) is 3.42. The van der Waals surface area contributed by atoms with E-state index in [-0.39, 0.29) is 10.9 Å². The fourth-order valence-electron chi connectivity index (χ4n) is 1.59. The Hall–Kier alpha value is -1.37. The summed E-state index contributed by atoms with van der Waals surface area (Å²) in [5, 5.41) is 19.6. The van der Waals surface area contributed by atoms with Gasteiger partial charge >= 0.3 is 0 Å². The van der Waals surface area contributed by atoms with E-state index in [0.29, 0.717) is 5.82 Å². The highest BCUT2D eigenvalue weighted by Gasteiger charge is 2.22. The molecule has 3 N–H and O–H groups in total. The molecule has 1 aromatic heterocycles. The molecule has 6 heteroatoms. The zero-order valence-corrected chi connectivity index (χ0v) is 10.6. The van der Waals surface area contributed by atoms with Gasteiger partial charge in [0.2, 0.25) is 0 Å². The van der Waals surface area contributed by atoms with E-state index in [1.807, 2.05) is 24.3 Å². The highest BCUT2D eigenvalue weighted by Crippen LogP contribution is 2.20. The van der Waals surface area contributed by atoms with Crippen molar-refractivity contribution < 1.29 is 15.0 Å². The van der Waals surface area contributed by atoms with Crippen molar-refractivity contribution in [1.29, 1.82) is 0 Å². The number of rotatable bonds is 4. The second-order valence-electron chi connectivity index (χ2n) is 3.95. The van der Waals surface area contributed by atoms with Crippen LogP contribution in [0.5, 0.6) is 0 Å². The van der Waals surface area contributed by atoms with E-state index in [1.54, 1.807) is 0 Å². The normalized spacial score (nSPS) is 14.6. The number of nitrogens with one attached hydrogen (secondary N) is 1.